The quantitative estimate of drug-likeness (QED) is 0.893. The first-order valence-corrected chi connectivity index (χ1v) is 6.53. The molecule has 0 aromatic heterocycles. The minimum atomic E-state index is -0.225. The Kier molecular flexibility index (Phi) is 4.56. The molecule has 0 aliphatic carbocycles. The zero-order valence-corrected chi connectivity index (χ0v) is 11.3. The summed E-state index contributed by atoms with van der Waals surface area (Å²) in [7, 11) is 0. The lowest BCUT2D eigenvalue weighted by Crippen LogP contribution is -2.27. The Labute approximate surface area is 116 Å². The van der Waals surface area contributed by atoms with Crippen LogP contribution >= 0.6 is 23.2 Å². The first kappa shape index (κ1) is 13.7. The van der Waals surface area contributed by atoms with E-state index in [1.807, 2.05) is 0 Å². The predicted molar refractivity (Wildman–Crippen MR) is 70.7 cm³/mol. The molecule has 2 N–H and O–H groups in total. The molecular formula is C12H15Cl2NO3. The number of phenolic OH excluding ortho intramolecular Hbond substituents is 1. The average molecular weight is 292 g/mol. The number of ether oxygens (including phenoxy) is 1. The van der Waals surface area contributed by atoms with Crippen molar-refractivity contribution < 1.29 is 14.9 Å². The standard InChI is InChI=1S/C12H15Cl2NO3/c13-9-6-12(10(14)5-11(9)17)18-4-3-15-2-1-8(16)7-15/h5-6,8,16-17H,1-4,7H2. The highest BCUT2D eigenvalue weighted by molar-refractivity contribution is 6.35. The highest BCUT2D eigenvalue weighted by Crippen LogP contribution is 2.34. The third-order valence-corrected chi connectivity index (χ3v) is 3.51. The number of aliphatic hydroxyl groups excluding tert-OH is 1. The maximum absolute atomic E-state index is 9.38. The summed E-state index contributed by atoms with van der Waals surface area (Å²) >= 11 is 11.7. The maximum atomic E-state index is 9.38. The summed E-state index contributed by atoms with van der Waals surface area (Å²) in [5, 5.41) is 19.3. The molecule has 0 saturated carbocycles. The molecule has 100 valence electrons. The van der Waals surface area contributed by atoms with Crippen LogP contribution in [0.4, 0.5) is 0 Å². The van der Waals surface area contributed by atoms with E-state index >= 15 is 0 Å². The summed E-state index contributed by atoms with van der Waals surface area (Å²) in [4.78, 5) is 2.13. The van der Waals surface area contributed by atoms with Gasteiger partial charge in [-0.05, 0) is 6.42 Å². The molecular weight excluding hydrogens is 277 g/mol. The normalized spacial score (nSPS) is 20.3. The highest BCUT2D eigenvalue weighted by Gasteiger charge is 2.19. The van der Waals surface area contributed by atoms with Crippen LogP contribution in [-0.4, -0.2) is 47.5 Å². The Balaban J connectivity index is 1.85. The van der Waals surface area contributed by atoms with E-state index in [4.69, 9.17) is 27.9 Å². The van der Waals surface area contributed by atoms with E-state index in [9.17, 15) is 10.2 Å². The fourth-order valence-electron chi connectivity index (χ4n) is 1.93. The van der Waals surface area contributed by atoms with E-state index in [1.165, 1.54) is 12.1 Å². The molecule has 0 bridgehead atoms. The molecule has 1 unspecified atom stereocenters. The van der Waals surface area contributed by atoms with Gasteiger partial charge in [-0.2, -0.15) is 0 Å². The summed E-state index contributed by atoms with van der Waals surface area (Å²) in [5.41, 5.74) is 0. The second-order valence-electron chi connectivity index (χ2n) is 4.33. The molecule has 4 nitrogen and oxygen atoms in total. The zero-order valence-electron chi connectivity index (χ0n) is 9.77. The van der Waals surface area contributed by atoms with E-state index in [0.29, 0.717) is 23.9 Å². The topological polar surface area (TPSA) is 52.9 Å². The summed E-state index contributed by atoms with van der Waals surface area (Å²) in [6.07, 6.45) is 0.586. The van der Waals surface area contributed by atoms with Gasteiger partial charge in [0.15, 0.2) is 0 Å². The third-order valence-electron chi connectivity index (χ3n) is 2.91. The maximum Gasteiger partial charge on any atom is 0.139 e. The van der Waals surface area contributed by atoms with Crippen molar-refractivity contribution in [2.75, 3.05) is 26.2 Å². The summed E-state index contributed by atoms with van der Waals surface area (Å²) in [5.74, 6) is 0.399. The van der Waals surface area contributed by atoms with Crippen molar-refractivity contribution in [3.05, 3.63) is 22.2 Å². The van der Waals surface area contributed by atoms with E-state index in [0.717, 1.165) is 19.5 Å². The van der Waals surface area contributed by atoms with E-state index in [-0.39, 0.29) is 16.9 Å². The number of nitrogens with zero attached hydrogens (tertiary/aromatic N) is 1. The van der Waals surface area contributed by atoms with Crippen molar-refractivity contribution in [1.82, 2.24) is 4.90 Å². The van der Waals surface area contributed by atoms with Crippen LogP contribution in [0.3, 0.4) is 0 Å². The predicted octanol–water partition coefficient (Wildman–Crippen LogP) is 2.14. The van der Waals surface area contributed by atoms with Crippen molar-refractivity contribution in [3.8, 4) is 11.5 Å². The lowest BCUT2D eigenvalue weighted by atomic mass is 10.3. The average Bonchev–Trinajstić information content (AvgIpc) is 2.71. The molecule has 1 fully saturated rings. The Morgan fingerprint density at radius 3 is 2.78 bits per heavy atom. The molecule has 2 rings (SSSR count). The number of benzene rings is 1. The number of hydrogen-bond donors (Lipinski definition) is 2. The van der Waals surface area contributed by atoms with Crippen LogP contribution in [0.1, 0.15) is 6.42 Å². The fraction of sp³-hybridized carbons (Fsp3) is 0.500. The van der Waals surface area contributed by atoms with Gasteiger partial charge in [-0.3, -0.25) is 4.90 Å². The van der Waals surface area contributed by atoms with Crippen molar-refractivity contribution in [1.29, 1.82) is 0 Å². The van der Waals surface area contributed by atoms with Gasteiger partial charge in [0.25, 0.3) is 0 Å². The molecule has 0 spiro atoms. The summed E-state index contributed by atoms with van der Waals surface area (Å²) in [6, 6.07) is 2.86. The van der Waals surface area contributed by atoms with Crippen LogP contribution in [0.25, 0.3) is 0 Å². The molecule has 1 aliphatic rings. The Bertz CT molecular complexity index is 428. The number of β-amino-alcohol motifs (C(OH)–C–C–N with tert-alkyl or cyclic N) is 1. The molecule has 18 heavy (non-hydrogen) atoms. The van der Waals surface area contributed by atoms with Gasteiger partial charge >= 0.3 is 0 Å². The van der Waals surface area contributed by atoms with Gasteiger partial charge < -0.3 is 14.9 Å². The molecule has 0 radical (unpaired) electrons. The molecule has 1 aliphatic heterocycles. The lowest BCUT2D eigenvalue weighted by molar-refractivity contribution is 0.167. The van der Waals surface area contributed by atoms with Crippen LogP contribution in [0.2, 0.25) is 10.0 Å². The minimum Gasteiger partial charge on any atom is -0.506 e. The van der Waals surface area contributed by atoms with Crippen LogP contribution < -0.4 is 4.74 Å². The van der Waals surface area contributed by atoms with Crippen molar-refractivity contribution in [2.24, 2.45) is 0 Å². The van der Waals surface area contributed by atoms with Gasteiger partial charge in [-0.15, -0.1) is 0 Å². The van der Waals surface area contributed by atoms with Crippen molar-refractivity contribution >= 4 is 23.2 Å². The summed E-state index contributed by atoms with van der Waals surface area (Å²) in [6.45, 7) is 2.77. The largest absolute Gasteiger partial charge is 0.506 e. The Hall–Kier alpha value is -0.680. The number of aromatic hydroxyl groups is 1. The third kappa shape index (κ3) is 3.42. The Morgan fingerprint density at radius 2 is 2.11 bits per heavy atom. The van der Waals surface area contributed by atoms with Gasteiger partial charge in [0.1, 0.15) is 18.1 Å². The van der Waals surface area contributed by atoms with Gasteiger partial charge in [0, 0.05) is 31.8 Å². The molecule has 1 saturated heterocycles. The smallest absolute Gasteiger partial charge is 0.139 e. The number of halogens is 2. The molecule has 1 aromatic carbocycles. The number of aliphatic hydroxyl groups is 1. The molecule has 0 amide bonds. The van der Waals surface area contributed by atoms with Crippen LogP contribution in [0.5, 0.6) is 11.5 Å². The summed E-state index contributed by atoms with van der Waals surface area (Å²) < 4.78 is 5.52. The van der Waals surface area contributed by atoms with Crippen molar-refractivity contribution in [2.45, 2.75) is 12.5 Å². The number of phenols is 1. The van der Waals surface area contributed by atoms with Crippen LogP contribution in [0.15, 0.2) is 12.1 Å². The second kappa shape index (κ2) is 5.97. The van der Waals surface area contributed by atoms with E-state index in [2.05, 4.69) is 4.90 Å². The number of hydrogen-bond acceptors (Lipinski definition) is 4. The molecule has 6 heteroatoms. The first-order valence-electron chi connectivity index (χ1n) is 5.77. The molecule has 1 atom stereocenters. The monoisotopic (exact) mass is 291 g/mol. The SMILES string of the molecule is Oc1cc(Cl)c(OCCN2CCC(O)C2)cc1Cl. The van der Waals surface area contributed by atoms with Gasteiger partial charge in [-0.1, -0.05) is 23.2 Å². The number of likely N-dealkylation sites (tertiary alicyclic amines) is 1. The van der Waals surface area contributed by atoms with E-state index < -0.39 is 0 Å². The van der Waals surface area contributed by atoms with Gasteiger partial charge in [0.2, 0.25) is 0 Å². The minimum absolute atomic E-state index is 0.0586. The van der Waals surface area contributed by atoms with E-state index in [1.54, 1.807) is 0 Å². The lowest BCUT2D eigenvalue weighted by Gasteiger charge is -2.16. The van der Waals surface area contributed by atoms with Crippen molar-refractivity contribution in [3.63, 3.8) is 0 Å². The first-order chi connectivity index (χ1) is 8.56. The zero-order chi connectivity index (χ0) is 13.1. The fourth-order valence-corrected chi connectivity index (χ4v) is 2.29. The molecule has 1 aromatic rings. The highest BCUT2D eigenvalue weighted by atomic mass is 35.5. The van der Waals surface area contributed by atoms with Crippen LogP contribution in [-0.2, 0) is 0 Å². The number of rotatable bonds is 4. The van der Waals surface area contributed by atoms with Crippen LogP contribution in [0, 0.1) is 0 Å². The van der Waals surface area contributed by atoms with Gasteiger partial charge in [0.05, 0.1) is 16.1 Å². The Morgan fingerprint density at radius 1 is 1.33 bits per heavy atom. The van der Waals surface area contributed by atoms with Gasteiger partial charge in [-0.25, -0.2) is 0 Å². The molecule has 1 heterocycles. The second-order valence-corrected chi connectivity index (χ2v) is 5.14.